The first-order valence-electron chi connectivity index (χ1n) is 7.59. The molecular formula is C16H11N7O3S. The van der Waals surface area contributed by atoms with Gasteiger partial charge in [0.15, 0.2) is 0 Å². The first kappa shape index (κ1) is 16.7. The molecule has 0 unspecified atom stereocenters. The van der Waals surface area contributed by atoms with Crippen LogP contribution in [0, 0.1) is 5.41 Å². The smallest absolute Gasteiger partial charge is 0.264 e. The van der Waals surface area contributed by atoms with Crippen LogP contribution in [0.4, 0.5) is 5.69 Å². The lowest BCUT2D eigenvalue weighted by Gasteiger charge is -2.21. The highest BCUT2D eigenvalue weighted by atomic mass is 32.2. The molecule has 2 amide bonds. The molecule has 6 N–H and O–H groups in total. The minimum Gasteiger partial charge on any atom is -0.366 e. The number of thioether (sulfide) groups is 1. The van der Waals surface area contributed by atoms with Crippen LogP contribution < -0.4 is 21.9 Å². The molecule has 0 aliphatic carbocycles. The summed E-state index contributed by atoms with van der Waals surface area (Å²) in [5, 5.41) is 20.7. The van der Waals surface area contributed by atoms with Crippen LogP contribution in [-0.4, -0.2) is 32.7 Å². The number of amides is 2. The van der Waals surface area contributed by atoms with Gasteiger partial charge >= 0.3 is 0 Å². The molecule has 4 heterocycles. The second kappa shape index (κ2) is 6.21. The third-order valence-electron chi connectivity index (χ3n) is 3.84. The largest absolute Gasteiger partial charge is 0.366 e. The van der Waals surface area contributed by atoms with Gasteiger partial charge in [-0.3, -0.25) is 24.8 Å². The van der Waals surface area contributed by atoms with Crippen molar-refractivity contribution in [3.63, 3.8) is 0 Å². The summed E-state index contributed by atoms with van der Waals surface area (Å²) in [6, 6.07) is 4.30. The van der Waals surface area contributed by atoms with E-state index in [1.165, 1.54) is 30.1 Å². The molecule has 0 radical (unpaired) electrons. The van der Waals surface area contributed by atoms with Gasteiger partial charge in [-0.2, -0.15) is 5.10 Å². The number of hydrogen-bond acceptors (Lipinski definition) is 8. The standard InChI is InChI=1S/C16H11N7O3S/c17-12-11(15(26)21-8-3-6(14(18)25)4-19-13(8)12)16-20-5-9(27-16)7-1-2-10(24)23-22-7/h1-5,17,20H,(H2,18,25)(H,21,26)(H,23,24)/b16-11-,17-12?. The highest BCUT2D eigenvalue weighted by molar-refractivity contribution is 8.12. The lowest BCUT2D eigenvalue weighted by atomic mass is 10.0. The third-order valence-corrected chi connectivity index (χ3v) is 4.91. The molecule has 0 saturated heterocycles. The molecule has 2 aliphatic rings. The minimum atomic E-state index is -0.675. The van der Waals surface area contributed by atoms with Crippen LogP contribution in [0.2, 0.25) is 0 Å². The number of nitrogens with one attached hydrogen (secondary N) is 4. The van der Waals surface area contributed by atoms with E-state index in [-0.39, 0.29) is 33.8 Å². The third kappa shape index (κ3) is 2.89. The summed E-state index contributed by atoms with van der Waals surface area (Å²) in [6.07, 6.45) is 2.89. The summed E-state index contributed by atoms with van der Waals surface area (Å²) in [4.78, 5) is 39.7. The van der Waals surface area contributed by atoms with Gasteiger partial charge in [0.2, 0.25) is 5.91 Å². The van der Waals surface area contributed by atoms with Crippen molar-refractivity contribution in [2.24, 2.45) is 5.73 Å². The molecule has 0 aromatic carbocycles. The number of fused-ring (bicyclic) bond motifs is 1. The first-order chi connectivity index (χ1) is 12.9. The lowest BCUT2D eigenvalue weighted by molar-refractivity contribution is -0.112. The van der Waals surface area contributed by atoms with Crippen molar-refractivity contribution in [1.82, 2.24) is 20.5 Å². The minimum absolute atomic E-state index is 0.0798. The van der Waals surface area contributed by atoms with Crippen LogP contribution in [0.25, 0.3) is 4.91 Å². The lowest BCUT2D eigenvalue weighted by Crippen LogP contribution is -2.31. The van der Waals surface area contributed by atoms with Gasteiger partial charge in [0.05, 0.1) is 38.2 Å². The van der Waals surface area contributed by atoms with Gasteiger partial charge in [-0.15, -0.1) is 0 Å². The molecule has 10 nitrogen and oxygen atoms in total. The Bertz CT molecular complexity index is 1130. The van der Waals surface area contributed by atoms with Crippen LogP contribution in [0.1, 0.15) is 21.7 Å². The van der Waals surface area contributed by atoms with Crippen molar-refractivity contribution in [1.29, 1.82) is 5.41 Å². The van der Waals surface area contributed by atoms with E-state index in [1.54, 1.807) is 12.3 Å². The molecule has 0 atom stereocenters. The highest BCUT2D eigenvalue weighted by Crippen LogP contribution is 2.39. The van der Waals surface area contributed by atoms with Gasteiger partial charge in [0.25, 0.3) is 11.5 Å². The van der Waals surface area contributed by atoms with Crippen molar-refractivity contribution >= 4 is 39.9 Å². The first-order valence-corrected chi connectivity index (χ1v) is 8.41. The Morgan fingerprint density at radius 2 is 2.07 bits per heavy atom. The van der Waals surface area contributed by atoms with Crippen LogP contribution >= 0.6 is 11.8 Å². The second-order valence-electron chi connectivity index (χ2n) is 5.58. The molecule has 2 aliphatic heterocycles. The van der Waals surface area contributed by atoms with Crippen molar-refractivity contribution in [3.8, 4) is 0 Å². The number of primary amides is 1. The van der Waals surface area contributed by atoms with Gasteiger partial charge in [0.1, 0.15) is 5.69 Å². The van der Waals surface area contributed by atoms with Crippen molar-refractivity contribution in [2.45, 2.75) is 0 Å². The fourth-order valence-electron chi connectivity index (χ4n) is 2.56. The number of anilines is 1. The van der Waals surface area contributed by atoms with Gasteiger partial charge in [-0.25, -0.2) is 5.10 Å². The molecule has 2 aromatic heterocycles. The van der Waals surface area contributed by atoms with Crippen molar-refractivity contribution < 1.29 is 9.59 Å². The Balaban J connectivity index is 1.68. The monoisotopic (exact) mass is 381 g/mol. The van der Waals surface area contributed by atoms with E-state index >= 15 is 0 Å². The number of H-pyrrole nitrogens is 1. The summed E-state index contributed by atoms with van der Waals surface area (Å²) >= 11 is 1.21. The van der Waals surface area contributed by atoms with Crippen LogP contribution in [0.5, 0.6) is 0 Å². The molecule has 0 spiro atoms. The predicted octanol–water partition coefficient (Wildman–Crippen LogP) is 0.130. The zero-order chi connectivity index (χ0) is 19.1. The molecule has 0 bridgehead atoms. The summed E-state index contributed by atoms with van der Waals surface area (Å²) in [6.45, 7) is 0. The quantitative estimate of drug-likeness (QED) is 0.461. The van der Waals surface area contributed by atoms with Crippen LogP contribution in [0.15, 0.2) is 46.0 Å². The average molecular weight is 381 g/mol. The SMILES string of the molecule is N=C1/C(=C2\NC=C(c3ccc(=O)[nH]n3)S2)C(=O)Nc2cc(C(N)=O)cnc21. The number of aromatic nitrogens is 3. The Labute approximate surface area is 155 Å². The van der Waals surface area contributed by atoms with E-state index in [0.717, 1.165) is 0 Å². The summed E-state index contributed by atoms with van der Waals surface area (Å²) in [5.74, 6) is -1.18. The summed E-state index contributed by atoms with van der Waals surface area (Å²) in [5.41, 5.74) is 6.09. The van der Waals surface area contributed by atoms with Gasteiger partial charge in [-0.1, -0.05) is 11.8 Å². The Morgan fingerprint density at radius 1 is 1.26 bits per heavy atom. The molecule has 11 heteroatoms. The molecule has 0 saturated carbocycles. The van der Waals surface area contributed by atoms with Gasteiger partial charge in [0, 0.05) is 18.5 Å². The molecular weight excluding hydrogens is 370 g/mol. The molecule has 0 fully saturated rings. The summed E-state index contributed by atoms with van der Waals surface area (Å²) < 4.78 is 0. The maximum atomic E-state index is 12.5. The fraction of sp³-hybridized carbons (Fsp3) is 0. The molecule has 27 heavy (non-hydrogen) atoms. The van der Waals surface area contributed by atoms with E-state index in [0.29, 0.717) is 15.6 Å². The van der Waals surface area contributed by atoms with E-state index in [4.69, 9.17) is 11.1 Å². The highest BCUT2D eigenvalue weighted by Gasteiger charge is 2.32. The number of nitrogens with two attached hydrogens (primary N) is 1. The van der Waals surface area contributed by atoms with Gasteiger partial charge in [-0.05, 0) is 12.1 Å². The van der Waals surface area contributed by atoms with E-state index in [1.807, 2.05) is 0 Å². The maximum absolute atomic E-state index is 12.5. The molecule has 134 valence electrons. The number of rotatable bonds is 2. The van der Waals surface area contributed by atoms with E-state index in [2.05, 4.69) is 25.8 Å². The Hall–Kier alpha value is -3.73. The second-order valence-corrected chi connectivity index (χ2v) is 6.63. The zero-order valence-corrected chi connectivity index (χ0v) is 14.3. The van der Waals surface area contributed by atoms with Crippen LogP contribution in [0.3, 0.4) is 0 Å². The van der Waals surface area contributed by atoms with E-state index in [9.17, 15) is 14.4 Å². The van der Waals surface area contributed by atoms with Crippen molar-refractivity contribution in [2.75, 3.05) is 5.32 Å². The van der Waals surface area contributed by atoms with Gasteiger partial charge < -0.3 is 16.4 Å². The Kier molecular flexibility index (Phi) is 3.85. The molecule has 4 rings (SSSR count). The number of carbonyl (C=O) groups excluding carboxylic acids is 2. The zero-order valence-electron chi connectivity index (χ0n) is 13.5. The molecule has 2 aromatic rings. The van der Waals surface area contributed by atoms with E-state index < -0.39 is 11.8 Å². The number of aromatic amines is 1. The summed E-state index contributed by atoms with van der Waals surface area (Å²) in [7, 11) is 0. The fourth-order valence-corrected chi connectivity index (χ4v) is 3.53. The maximum Gasteiger partial charge on any atom is 0.264 e. The van der Waals surface area contributed by atoms with Crippen molar-refractivity contribution in [3.05, 3.63) is 68.5 Å². The number of nitrogens with zero attached hydrogens (tertiary/aromatic N) is 2. The normalized spacial score (nSPS) is 18.4. The number of carbonyl (C=O) groups is 2. The van der Waals surface area contributed by atoms with Crippen LogP contribution in [-0.2, 0) is 4.79 Å². The topological polar surface area (TPSA) is 167 Å². The average Bonchev–Trinajstić information content (AvgIpc) is 3.11. The number of pyridine rings is 1. The predicted molar refractivity (Wildman–Crippen MR) is 98.8 cm³/mol. The number of hydrogen-bond donors (Lipinski definition) is 5. The Morgan fingerprint density at radius 3 is 2.78 bits per heavy atom.